The van der Waals surface area contributed by atoms with Gasteiger partial charge < -0.3 is 33.6 Å². The monoisotopic (exact) mass is 534 g/mol. The smallest absolute Gasteiger partial charge is 0.251 e. The Bertz CT molecular complexity index is 1470. The largest absolute Gasteiger partial charge is 0.370 e. The molecule has 0 saturated carbocycles. The minimum atomic E-state index is -0.270. The van der Waals surface area contributed by atoms with Crippen molar-refractivity contribution in [2.45, 2.75) is 0 Å². The number of nitrogens with one attached hydrogen (secondary N) is 2. The van der Waals surface area contributed by atoms with Gasteiger partial charge in [0.15, 0.2) is 11.9 Å². The molecule has 0 aliphatic carbocycles. The Morgan fingerprint density at radius 3 is 1.35 bits per heavy atom. The van der Waals surface area contributed by atoms with Gasteiger partial charge in [-0.15, -0.1) is 0 Å². The molecule has 0 bridgehead atoms. The van der Waals surface area contributed by atoms with Gasteiger partial charge in [-0.2, -0.15) is 0 Å². The van der Waals surface area contributed by atoms with E-state index in [0.29, 0.717) is 22.5 Å². The Morgan fingerprint density at radius 1 is 0.550 bits per heavy atom. The van der Waals surface area contributed by atoms with Crippen LogP contribution in [-0.2, 0) is 0 Å². The second-order valence-electron chi connectivity index (χ2n) is 8.78. The summed E-state index contributed by atoms with van der Waals surface area (Å²) in [7, 11) is 0. The molecule has 0 unspecified atom stereocenters. The van der Waals surface area contributed by atoms with E-state index in [1.54, 1.807) is 48.5 Å². The van der Waals surface area contributed by atoms with Crippen molar-refractivity contribution in [3.63, 3.8) is 0 Å². The highest BCUT2D eigenvalue weighted by Gasteiger charge is 2.12. The fourth-order valence-electron chi connectivity index (χ4n) is 4.12. The zero-order valence-corrected chi connectivity index (χ0v) is 21.7. The third kappa shape index (κ3) is 7.01. The highest BCUT2D eigenvalue weighted by molar-refractivity contribution is 5.97. The van der Waals surface area contributed by atoms with Crippen molar-refractivity contribution < 1.29 is 9.59 Å². The third-order valence-corrected chi connectivity index (χ3v) is 5.87. The maximum atomic E-state index is 12.8. The maximum Gasteiger partial charge on any atom is 0.251 e. The number of para-hydroxylation sites is 2. The molecular weight excluding hydrogens is 504 g/mol. The summed E-state index contributed by atoms with van der Waals surface area (Å²) in [6, 6.07) is 29.0. The van der Waals surface area contributed by atoms with Gasteiger partial charge in [0.1, 0.15) is 0 Å². The zero-order valence-electron chi connectivity index (χ0n) is 21.7. The predicted octanol–water partition coefficient (Wildman–Crippen LogP) is 2.99. The van der Waals surface area contributed by atoms with Crippen LogP contribution in [0.3, 0.4) is 0 Å². The first kappa shape index (κ1) is 27.4. The molecule has 10 N–H and O–H groups in total. The minimum Gasteiger partial charge on any atom is -0.370 e. The van der Waals surface area contributed by atoms with Gasteiger partial charge in [0.2, 0.25) is 0 Å². The molecule has 0 aromatic heterocycles. The highest BCUT2D eigenvalue weighted by atomic mass is 16.2. The van der Waals surface area contributed by atoms with E-state index in [0.717, 1.165) is 22.3 Å². The second-order valence-corrected chi connectivity index (χ2v) is 8.78. The molecule has 202 valence electrons. The number of hydrogen-bond acceptors (Lipinski definition) is 4. The zero-order chi connectivity index (χ0) is 28.5. The average molecular weight is 535 g/mol. The molecule has 4 aromatic carbocycles. The van der Waals surface area contributed by atoms with E-state index in [1.807, 2.05) is 48.5 Å². The normalized spacial score (nSPS) is 10.3. The average Bonchev–Trinajstić information content (AvgIpc) is 2.95. The molecule has 10 heteroatoms. The molecule has 4 aromatic rings. The lowest BCUT2D eigenvalue weighted by atomic mass is 10.0. The van der Waals surface area contributed by atoms with Crippen molar-refractivity contribution in [3.8, 4) is 22.3 Å². The Morgan fingerprint density at radius 2 is 0.950 bits per heavy atom. The molecule has 10 nitrogen and oxygen atoms in total. The Hall–Kier alpha value is -5.64. The van der Waals surface area contributed by atoms with Crippen LogP contribution < -0.4 is 33.6 Å². The van der Waals surface area contributed by atoms with E-state index in [2.05, 4.69) is 20.6 Å². The first-order valence-electron chi connectivity index (χ1n) is 12.5. The summed E-state index contributed by atoms with van der Waals surface area (Å²) in [5.41, 5.74) is 27.5. The van der Waals surface area contributed by atoms with Gasteiger partial charge in [-0.25, -0.2) is 9.98 Å². The number of nitrogens with two attached hydrogens (primary N) is 4. The number of carbonyl (C=O) groups excluding carboxylic acids is 2. The fourth-order valence-corrected chi connectivity index (χ4v) is 4.12. The molecule has 0 fully saturated rings. The molecule has 0 spiro atoms. The quantitative estimate of drug-likeness (QED) is 0.109. The van der Waals surface area contributed by atoms with Gasteiger partial charge in [-0.1, -0.05) is 60.7 Å². The number of amides is 2. The SMILES string of the molecule is NC(N)=Nc1ccccc1-c1cccc(C(=O)NCCNC(=O)c2cccc(-c3ccccc3N=C(N)N)c2)c1. The van der Waals surface area contributed by atoms with Gasteiger partial charge in [0, 0.05) is 35.3 Å². The van der Waals surface area contributed by atoms with Crippen LogP contribution in [0.4, 0.5) is 11.4 Å². The summed E-state index contributed by atoms with van der Waals surface area (Å²) in [4.78, 5) is 33.9. The van der Waals surface area contributed by atoms with E-state index < -0.39 is 0 Å². The van der Waals surface area contributed by atoms with Gasteiger partial charge in [0.05, 0.1) is 11.4 Å². The standard InChI is InChI=1S/C30H30N8O2/c31-29(32)37-25-13-3-1-11-23(25)19-7-5-9-21(17-19)27(39)35-15-16-36-28(40)22-10-6-8-20(18-22)24-12-2-4-14-26(24)38-30(33)34/h1-14,17-18H,15-16H2,(H,35,39)(H,36,40)(H4,31,32,37)(H4,33,34,38). The third-order valence-electron chi connectivity index (χ3n) is 5.87. The summed E-state index contributed by atoms with van der Waals surface area (Å²) in [5.74, 6) is -0.640. The minimum absolute atomic E-state index is 0.0501. The summed E-state index contributed by atoms with van der Waals surface area (Å²) in [5, 5.41) is 5.67. The van der Waals surface area contributed by atoms with Crippen LogP contribution in [0.1, 0.15) is 20.7 Å². The summed E-state index contributed by atoms with van der Waals surface area (Å²) >= 11 is 0. The molecular formula is C30H30N8O2. The van der Waals surface area contributed by atoms with E-state index in [4.69, 9.17) is 22.9 Å². The number of rotatable bonds is 9. The lowest BCUT2D eigenvalue weighted by molar-refractivity contribution is 0.0927. The van der Waals surface area contributed by atoms with Crippen LogP contribution in [0.15, 0.2) is 107 Å². The number of carbonyl (C=O) groups is 2. The van der Waals surface area contributed by atoms with Crippen molar-refractivity contribution in [1.29, 1.82) is 0 Å². The van der Waals surface area contributed by atoms with E-state index >= 15 is 0 Å². The van der Waals surface area contributed by atoms with Crippen LogP contribution >= 0.6 is 0 Å². The molecule has 0 heterocycles. The van der Waals surface area contributed by atoms with Gasteiger partial charge in [-0.05, 0) is 47.5 Å². The number of nitrogens with zero attached hydrogens (tertiary/aromatic N) is 2. The first-order valence-corrected chi connectivity index (χ1v) is 12.5. The van der Waals surface area contributed by atoms with Crippen LogP contribution in [0.25, 0.3) is 22.3 Å². The van der Waals surface area contributed by atoms with Crippen molar-refractivity contribution in [2.24, 2.45) is 32.9 Å². The van der Waals surface area contributed by atoms with E-state index in [1.165, 1.54) is 0 Å². The number of hydrogen-bond donors (Lipinski definition) is 6. The molecule has 2 amide bonds. The van der Waals surface area contributed by atoms with Crippen LogP contribution in [0.5, 0.6) is 0 Å². The molecule has 4 rings (SSSR count). The lowest BCUT2D eigenvalue weighted by Gasteiger charge is -2.11. The number of benzene rings is 4. The lowest BCUT2D eigenvalue weighted by Crippen LogP contribution is -2.34. The molecule has 0 radical (unpaired) electrons. The Kier molecular flexibility index (Phi) is 8.73. The van der Waals surface area contributed by atoms with Crippen molar-refractivity contribution in [3.05, 3.63) is 108 Å². The summed E-state index contributed by atoms with van der Waals surface area (Å²) < 4.78 is 0. The first-order chi connectivity index (χ1) is 19.3. The molecule has 40 heavy (non-hydrogen) atoms. The summed E-state index contributed by atoms with van der Waals surface area (Å²) in [6.07, 6.45) is 0. The van der Waals surface area contributed by atoms with Crippen LogP contribution in [-0.4, -0.2) is 36.8 Å². The molecule has 0 aliphatic heterocycles. The highest BCUT2D eigenvalue weighted by Crippen LogP contribution is 2.31. The fraction of sp³-hybridized carbons (Fsp3) is 0.0667. The van der Waals surface area contributed by atoms with Gasteiger partial charge in [0.25, 0.3) is 11.8 Å². The number of guanidine groups is 2. The van der Waals surface area contributed by atoms with Crippen molar-refractivity contribution in [1.82, 2.24) is 10.6 Å². The van der Waals surface area contributed by atoms with Crippen LogP contribution in [0, 0.1) is 0 Å². The number of aliphatic imine (C=N–C) groups is 2. The van der Waals surface area contributed by atoms with Crippen LogP contribution in [0.2, 0.25) is 0 Å². The van der Waals surface area contributed by atoms with Crippen molar-refractivity contribution >= 4 is 35.1 Å². The Labute approximate surface area is 231 Å². The van der Waals surface area contributed by atoms with E-state index in [9.17, 15) is 9.59 Å². The maximum absolute atomic E-state index is 12.8. The molecule has 0 saturated heterocycles. The molecule has 0 atom stereocenters. The van der Waals surface area contributed by atoms with Gasteiger partial charge >= 0.3 is 0 Å². The molecule has 0 aliphatic rings. The van der Waals surface area contributed by atoms with Crippen molar-refractivity contribution in [2.75, 3.05) is 13.1 Å². The second kappa shape index (κ2) is 12.7. The predicted molar refractivity (Wildman–Crippen MR) is 159 cm³/mol. The summed E-state index contributed by atoms with van der Waals surface area (Å²) in [6.45, 7) is 0.485. The topological polar surface area (TPSA) is 187 Å². The van der Waals surface area contributed by atoms with E-state index in [-0.39, 0.29) is 36.8 Å². The Balaban J connectivity index is 1.37. The van der Waals surface area contributed by atoms with Gasteiger partial charge in [-0.3, -0.25) is 9.59 Å².